The van der Waals surface area contributed by atoms with Crippen molar-refractivity contribution >= 4 is 5.97 Å². The number of hydrogen-bond donors (Lipinski definition) is 2. The van der Waals surface area contributed by atoms with E-state index in [1.165, 1.54) is 6.92 Å². The molecule has 1 atom stereocenters. The van der Waals surface area contributed by atoms with Crippen LogP contribution in [0.15, 0.2) is 0 Å². The van der Waals surface area contributed by atoms with Gasteiger partial charge in [0.15, 0.2) is 0 Å². The Morgan fingerprint density at radius 2 is 2.50 bits per heavy atom. The molecule has 0 rings (SSSR count). The van der Waals surface area contributed by atoms with Crippen LogP contribution in [-0.4, -0.2) is 17.7 Å². The normalized spacial score (nSPS) is 12.9. The third kappa shape index (κ3) is 1.90. The topological polar surface area (TPSA) is 72.5 Å². The molecule has 0 fully saturated rings. The van der Waals surface area contributed by atoms with Gasteiger partial charge in [-0.2, -0.15) is 5.90 Å². The summed E-state index contributed by atoms with van der Waals surface area (Å²) in [5.74, 6) is 3.38. The van der Waals surface area contributed by atoms with E-state index in [2.05, 4.69) is 10.7 Å². The highest BCUT2D eigenvalue weighted by Gasteiger charge is 2.10. The zero-order valence-electron chi connectivity index (χ0n) is 4.63. The summed E-state index contributed by atoms with van der Waals surface area (Å²) in [5.41, 5.74) is 0. The standard InChI is InChI=1S/C4H9NO3/c1-3(2-6)4(7)8-5/h3,6H,2,5H2,1H3. The first kappa shape index (κ1) is 7.39. The van der Waals surface area contributed by atoms with Crippen LogP contribution in [0.1, 0.15) is 6.92 Å². The second kappa shape index (κ2) is 3.40. The lowest BCUT2D eigenvalue weighted by molar-refractivity contribution is -0.149. The van der Waals surface area contributed by atoms with Crippen LogP contribution >= 0.6 is 0 Å². The zero-order valence-corrected chi connectivity index (χ0v) is 4.63. The van der Waals surface area contributed by atoms with Crippen LogP contribution in [0.25, 0.3) is 0 Å². The predicted molar refractivity (Wildman–Crippen MR) is 26.5 cm³/mol. The summed E-state index contributed by atoms with van der Waals surface area (Å²) >= 11 is 0. The summed E-state index contributed by atoms with van der Waals surface area (Å²) in [6.45, 7) is 1.30. The number of rotatable bonds is 2. The van der Waals surface area contributed by atoms with Gasteiger partial charge in [0.25, 0.3) is 0 Å². The minimum absolute atomic E-state index is 0.226. The van der Waals surface area contributed by atoms with Gasteiger partial charge in [-0.3, -0.25) is 0 Å². The van der Waals surface area contributed by atoms with E-state index in [-0.39, 0.29) is 6.61 Å². The molecule has 8 heavy (non-hydrogen) atoms. The van der Waals surface area contributed by atoms with Crippen LogP contribution in [-0.2, 0) is 9.63 Å². The highest BCUT2D eigenvalue weighted by molar-refractivity contribution is 5.71. The van der Waals surface area contributed by atoms with Crippen LogP contribution in [0.2, 0.25) is 0 Å². The lowest BCUT2D eigenvalue weighted by atomic mass is 10.2. The van der Waals surface area contributed by atoms with E-state index < -0.39 is 11.9 Å². The fourth-order valence-electron chi connectivity index (χ4n) is 0.191. The van der Waals surface area contributed by atoms with Crippen molar-refractivity contribution in [2.75, 3.05) is 6.61 Å². The first-order valence-corrected chi connectivity index (χ1v) is 2.23. The molecule has 48 valence electrons. The van der Waals surface area contributed by atoms with Gasteiger partial charge in [0.1, 0.15) is 0 Å². The van der Waals surface area contributed by atoms with Crippen molar-refractivity contribution in [1.29, 1.82) is 0 Å². The highest BCUT2D eigenvalue weighted by Crippen LogP contribution is 1.92. The number of carbonyl (C=O) groups is 1. The molecule has 0 aliphatic heterocycles. The van der Waals surface area contributed by atoms with Crippen LogP contribution in [0.3, 0.4) is 0 Å². The second-order valence-electron chi connectivity index (χ2n) is 1.52. The number of aliphatic hydroxyl groups is 1. The largest absolute Gasteiger partial charge is 0.395 e. The van der Waals surface area contributed by atoms with Crippen molar-refractivity contribution in [1.82, 2.24) is 0 Å². The molecule has 0 aromatic carbocycles. The van der Waals surface area contributed by atoms with Crippen molar-refractivity contribution in [3.8, 4) is 0 Å². The second-order valence-corrected chi connectivity index (χ2v) is 1.52. The average Bonchev–Trinajstić information content (AvgIpc) is 1.84. The summed E-state index contributed by atoms with van der Waals surface area (Å²) in [7, 11) is 0. The van der Waals surface area contributed by atoms with E-state index in [0.717, 1.165) is 0 Å². The Balaban J connectivity index is 3.46. The summed E-state index contributed by atoms with van der Waals surface area (Å²) in [6.07, 6.45) is 0. The Morgan fingerprint density at radius 1 is 2.00 bits per heavy atom. The third-order valence-electron chi connectivity index (χ3n) is 0.792. The Kier molecular flexibility index (Phi) is 3.14. The SMILES string of the molecule is CC(CO)C(=O)ON. The molecule has 4 nitrogen and oxygen atoms in total. The molecule has 0 spiro atoms. The van der Waals surface area contributed by atoms with Crippen LogP contribution in [0.5, 0.6) is 0 Å². The minimum atomic E-state index is -0.590. The van der Waals surface area contributed by atoms with Gasteiger partial charge in [0.2, 0.25) is 0 Å². The van der Waals surface area contributed by atoms with E-state index in [9.17, 15) is 4.79 Å². The highest BCUT2D eigenvalue weighted by atomic mass is 16.7. The van der Waals surface area contributed by atoms with Crippen LogP contribution < -0.4 is 5.90 Å². The van der Waals surface area contributed by atoms with E-state index in [1.807, 2.05) is 0 Å². The zero-order chi connectivity index (χ0) is 6.57. The Morgan fingerprint density at radius 3 is 2.62 bits per heavy atom. The molecular formula is C4H9NO3. The molecular weight excluding hydrogens is 110 g/mol. The summed E-state index contributed by atoms with van der Waals surface area (Å²) in [5, 5.41) is 8.28. The van der Waals surface area contributed by atoms with E-state index in [0.29, 0.717) is 0 Å². The predicted octanol–water partition coefficient (Wildman–Crippen LogP) is -0.968. The first-order valence-electron chi connectivity index (χ1n) is 2.23. The first-order chi connectivity index (χ1) is 3.72. The van der Waals surface area contributed by atoms with Gasteiger partial charge in [0.05, 0.1) is 12.5 Å². The molecule has 0 saturated heterocycles. The van der Waals surface area contributed by atoms with Crippen molar-refractivity contribution in [3.05, 3.63) is 0 Å². The molecule has 0 aromatic rings. The molecule has 0 bridgehead atoms. The number of hydrogen-bond acceptors (Lipinski definition) is 4. The van der Waals surface area contributed by atoms with Gasteiger partial charge in [0, 0.05) is 0 Å². The smallest absolute Gasteiger partial charge is 0.329 e. The Hall–Kier alpha value is -0.610. The lowest BCUT2D eigenvalue weighted by Gasteiger charge is -2.01. The van der Waals surface area contributed by atoms with Gasteiger partial charge in [-0.05, 0) is 6.92 Å². The lowest BCUT2D eigenvalue weighted by Crippen LogP contribution is -2.20. The molecule has 0 aliphatic carbocycles. The monoisotopic (exact) mass is 119 g/mol. The van der Waals surface area contributed by atoms with E-state index in [1.54, 1.807) is 0 Å². The quantitative estimate of drug-likeness (QED) is 0.459. The van der Waals surface area contributed by atoms with E-state index in [4.69, 9.17) is 5.11 Å². The molecule has 0 heterocycles. The number of aliphatic hydroxyl groups excluding tert-OH is 1. The Bertz CT molecular complexity index is 83.4. The molecule has 4 heteroatoms. The molecule has 0 aliphatic rings. The minimum Gasteiger partial charge on any atom is -0.395 e. The molecule has 0 radical (unpaired) electrons. The maximum atomic E-state index is 10.2. The molecule has 1 unspecified atom stereocenters. The van der Waals surface area contributed by atoms with Crippen LogP contribution in [0, 0.1) is 5.92 Å². The van der Waals surface area contributed by atoms with Crippen molar-refractivity contribution in [2.45, 2.75) is 6.92 Å². The summed E-state index contributed by atoms with van der Waals surface area (Å²) in [6, 6.07) is 0. The molecule has 0 saturated carbocycles. The number of carbonyl (C=O) groups excluding carboxylic acids is 1. The molecule has 0 amide bonds. The van der Waals surface area contributed by atoms with Crippen molar-refractivity contribution in [2.24, 2.45) is 11.8 Å². The van der Waals surface area contributed by atoms with E-state index >= 15 is 0 Å². The summed E-state index contributed by atoms with van der Waals surface area (Å²) < 4.78 is 0. The molecule has 3 N–H and O–H groups in total. The Labute approximate surface area is 47.2 Å². The van der Waals surface area contributed by atoms with Gasteiger partial charge in [-0.25, -0.2) is 4.79 Å². The van der Waals surface area contributed by atoms with Gasteiger partial charge in [-0.15, -0.1) is 0 Å². The molecule has 0 aromatic heterocycles. The van der Waals surface area contributed by atoms with Gasteiger partial charge >= 0.3 is 5.97 Å². The number of nitrogens with two attached hydrogens (primary N) is 1. The van der Waals surface area contributed by atoms with Gasteiger partial charge < -0.3 is 9.94 Å². The van der Waals surface area contributed by atoms with Crippen molar-refractivity contribution in [3.63, 3.8) is 0 Å². The third-order valence-corrected chi connectivity index (χ3v) is 0.792. The summed E-state index contributed by atoms with van der Waals surface area (Å²) in [4.78, 5) is 14.0. The fourth-order valence-corrected chi connectivity index (χ4v) is 0.191. The maximum absolute atomic E-state index is 10.2. The average molecular weight is 119 g/mol. The fraction of sp³-hybridized carbons (Fsp3) is 0.750. The van der Waals surface area contributed by atoms with Crippen LogP contribution in [0.4, 0.5) is 0 Å². The van der Waals surface area contributed by atoms with Crippen molar-refractivity contribution < 1.29 is 14.7 Å². The maximum Gasteiger partial charge on any atom is 0.329 e. The van der Waals surface area contributed by atoms with Gasteiger partial charge in [-0.1, -0.05) is 0 Å².